The minimum absolute atomic E-state index is 0.709. The second-order valence-corrected chi connectivity index (χ2v) is 3.47. The van der Waals surface area contributed by atoms with Gasteiger partial charge in [-0.1, -0.05) is 40.7 Å². The molecular formula is C8H9BrOSi. The normalized spacial score (nSPS) is 9.55. The van der Waals surface area contributed by atoms with Crippen LogP contribution < -0.4 is 4.43 Å². The number of hydrogen-bond donors (Lipinski definition) is 0. The van der Waals surface area contributed by atoms with E-state index in [2.05, 4.69) is 22.5 Å². The van der Waals surface area contributed by atoms with Gasteiger partial charge in [0.2, 0.25) is 10.5 Å². The molecule has 0 atom stereocenters. The molecule has 3 heteroatoms. The van der Waals surface area contributed by atoms with Gasteiger partial charge in [-0.15, -0.1) is 0 Å². The van der Waals surface area contributed by atoms with Crippen LogP contribution in [0.4, 0.5) is 0 Å². The molecule has 1 aromatic rings. The standard InChI is InChI=1S/C8H9BrOSi/c1-6(9)7-4-2-3-5-8(7)10-11/h2-5H,1H2,11H3. The zero-order chi connectivity index (χ0) is 8.27. The Bertz CT molecular complexity index is 273. The van der Waals surface area contributed by atoms with Gasteiger partial charge in [0, 0.05) is 10.0 Å². The van der Waals surface area contributed by atoms with Gasteiger partial charge in [0.05, 0.1) is 0 Å². The molecule has 0 aliphatic rings. The molecule has 0 N–H and O–H groups in total. The number of halogens is 1. The first-order valence-electron chi connectivity index (χ1n) is 3.23. The van der Waals surface area contributed by atoms with E-state index >= 15 is 0 Å². The van der Waals surface area contributed by atoms with E-state index in [0.29, 0.717) is 10.5 Å². The average molecular weight is 229 g/mol. The fourth-order valence-electron chi connectivity index (χ4n) is 0.869. The van der Waals surface area contributed by atoms with Gasteiger partial charge in [-0.25, -0.2) is 0 Å². The second-order valence-electron chi connectivity index (χ2n) is 2.11. The molecule has 1 rings (SSSR count). The van der Waals surface area contributed by atoms with E-state index in [4.69, 9.17) is 4.43 Å². The monoisotopic (exact) mass is 228 g/mol. The van der Waals surface area contributed by atoms with Gasteiger partial charge in [0.15, 0.2) is 0 Å². The zero-order valence-electron chi connectivity index (χ0n) is 6.30. The SMILES string of the molecule is C=C(Br)c1ccccc1O[SiH3]. The molecule has 1 aromatic carbocycles. The van der Waals surface area contributed by atoms with Gasteiger partial charge >= 0.3 is 0 Å². The summed E-state index contributed by atoms with van der Waals surface area (Å²) < 4.78 is 6.12. The van der Waals surface area contributed by atoms with E-state index < -0.39 is 0 Å². The van der Waals surface area contributed by atoms with Crippen molar-refractivity contribution in [1.29, 1.82) is 0 Å². The van der Waals surface area contributed by atoms with Gasteiger partial charge in [-0.2, -0.15) is 0 Å². The van der Waals surface area contributed by atoms with Gasteiger partial charge in [0.25, 0.3) is 0 Å². The van der Waals surface area contributed by atoms with Gasteiger partial charge < -0.3 is 4.43 Å². The predicted octanol–water partition coefficient (Wildman–Crippen LogP) is 1.71. The van der Waals surface area contributed by atoms with E-state index in [0.717, 1.165) is 15.8 Å². The van der Waals surface area contributed by atoms with Crippen LogP contribution in [0.2, 0.25) is 0 Å². The second kappa shape index (κ2) is 3.73. The van der Waals surface area contributed by atoms with Crippen LogP contribution in [0.1, 0.15) is 5.56 Å². The molecule has 0 bridgehead atoms. The van der Waals surface area contributed by atoms with Crippen molar-refractivity contribution in [2.45, 2.75) is 0 Å². The van der Waals surface area contributed by atoms with Crippen LogP contribution in [0.3, 0.4) is 0 Å². The maximum absolute atomic E-state index is 5.25. The molecule has 0 unspecified atom stereocenters. The molecule has 58 valence electrons. The first-order chi connectivity index (χ1) is 5.25. The third kappa shape index (κ3) is 1.94. The molecule has 0 saturated heterocycles. The highest BCUT2D eigenvalue weighted by Crippen LogP contribution is 2.27. The Labute approximate surface area is 77.7 Å². The van der Waals surface area contributed by atoms with Crippen LogP contribution in [-0.2, 0) is 0 Å². The first kappa shape index (κ1) is 8.55. The van der Waals surface area contributed by atoms with Crippen molar-refractivity contribution in [1.82, 2.24) is 0 Å². The van der Waals surface area contributed by atoms with E-state index in [9.17, 15) is 0 Å². The number of rotatable bonds is 2. The summed E-state index contributed by atoms with van der Waals surface area (Å²) >= 11 is 3.32. The maximum Gasteiger partial charge on any atom is 0.204 e. The molecule has 0 heterocycles. The molecule has 0 aliphatic carbocycles. The lowest BCUT2D eigenvalue weighted by Crippen LogP contribution is -1.88. The van der Waals surface area contributed by atoms with Crippen LogP contribution in [0, 0.1) is 0 Å². The summed E-state index contributed by atoms with van der Waals surface area (Å²) in [5.74, 6) is 0.904. The van der Waals surface area contributed by atoms with Gasteiger partial charge in [-0.3, -0.25) is 0 Å². The van der Waals surface area contributed by atoms with Crippen LogP contribution in [0.15, 0.2) is 30.8 Å². The van der Waals surface area contributed by atoms with Crippen molar-refractivity contribution in [3.63, 3.8) is 0 Å². The van der Waals surface area contributed by atoms with Gasteiger partial charge in [0.1, 0.15) is 5.75 Å². The van der Waals surface area contributed by atoms with Crippen LogP contribution >= 0.6 is 15.9 Å². The third-order valence-corrected chi connectivity index (χ3v) is 2.27. The smallest absolute Gasteiger partial charge is 0.204 e. The number of benzene rings is 1. The molecule has 1 nitrogen and oxygen atoms in total. The van der Waals surface area contributed by atoms with Crippen molar-refractivity contribution in [2.24, 2.45) is 0 Å². The summed E-state index contributed by atoms with van der Waals surface area (Å²) in [7, 11) is 0.709. The Balaban J connectivity index is 3.12. The topological polar surface area (TPSA) is 9.23 Å². The number of para-hydroxylation sites is 1. The first-order valence-corrected chi connectivity index (χ1v) is 4.84. The van der Waals surface area contributed by atoms with Crippen molar-refractivity contribution in [3.8, 4) is 5.75 Å². The van der Waals surface area contributed by atoms with E-state index in [1.54, 1.807) is 0 Å². The molecule has 0 radical (unpaired) electrons. The minimum Gasteiger partial charge on any atom is -0.553 e. The molecule has 0 aromatic heterocycles. The molecule has 0 spiro atoms. The average Bonchev–Trinajstić information content (AvgIpc) is 2.04. The lowest BCUT2D eigenvalue weighted by molar-refractivity contribution is 0.614. The molecular weight excluding hydrogens is 220 g/mol. The molecule has 0 fully saturated rings. The molecule has 0 aliphatic heterocycles. The fraction of sp³-hybridized carbons (Fsp3) is 0. The summed E-state index contributed by atoms with van der Waals surface area (Å²) in [4.78, 5) is 0. The summed E-state index contributed by atoms with van der Waals surface area (Å²) in [5.41, 5.74) is 1.03. The Morgan fingerprint density at radius 3 is 2.55 bits per heavy atom. The van der Waals surface area contributed by atoms with Crippen molar-refractivity contribution in [2.75, 3.05) is 0 Å². The molecule has 11 heavy (non-hydrogen) atoms. The Kier molecular flexibility index (Phi) is 2.90. The highest BCUT2D eigenvalue weighted by atomic mass is 79.9. The van der Waals surface area contributed by atoms with E-state index in [1.165, 1.54) is 0 Å². The summed E-state index contributed by atoms with van der Waals surface area (Å²) in [6, 6.07) is 7.83. The summed E-state index contributed by atoms with van der Waals surface area (Å²) in [6.07, 6.45) is 0. The van der Waals surface area contributed by atoms with E-state index in [1.807, 2.05) is 24.3 Å². The highest BCUT2D eigenvalue weighted by Gasteiger charge is 2.00. The fourth-order valence-corrected chi connectivity index (χ4v) is 1.55. The molecule has 0 amide bonds. The van der Waals surface area contributed by atoms with Crippen molar-refractivity contribution in [3.05, 3.63) is 36.4 Å². The van der Waals surface area contributed by atoms with Crippen molar-refractivity contribution < 1.29 is 4.43 Å². The lowest BCUT2D eigenvalue weighted by atomic mass is 10.2. The maximum atomic E-state index is 5.25. The van der Waals surface area contributed by atoms with Gasteiger partial charge in [-0.05, 0) is 6.07 Å². The quantitative estimate of drug-likeness (QED) is 0.701. The summed E-state index contributed by atoms with van der Waals surface area (Å²) in [6.45, 7) is 3.79. The lowest BCUT2D eigenvalue weighted by Gasteiger charge is -2.05. The highest BCUT2D eigenvalue weighted by molar-refractivity contribution is 9.15. The minimum atomic E-state index is 0.709. The van der Waals surface area contributed by atoms with Crippen LogP contribution in [0.5, 0.6) is 5.75 Å². The van der Waals surface area contributed by atoms with Crippen LogP contribution in [-0.4, -0.2) is 10.5 Å². The largest absolute Gasteiger partial charge is 0.553 e. The van der Waals surface area contributed by atoms with Crippen molar-refractivity contribution >= 4 is 30.9 Å². The van der Waals surface area contributed by atoms with Crippen LogP contribution in [0.25, 0.3) is 4.48 Å². The van der Waals surface area contributed by atoms with E-state index in [-0.39, 0.29) is 0 Å². The summed E-state index contributed by atoms with van der Waals surface area (Å²) in [5, 5.41) is 0. The Morgan fingerprint density at radius 1 is 1.45 bits per heavy atom. The Morgan fingerprint density at radius 2 is 2.09 bits per heavy atom. The predicted molar refractivity (Wildman–Crippen MR) is 55.0 cm³/mol. The zero-order valence-corrected chi connectivity index (χ0v) is 9.89. The molecule has 0 saturated carbocycles. The third-order valence-electron chi connectivity index (χ3n) is 1.40. The Hall–Kier alpha value is -0.543. The number of hydrogen-bond acceptors (Lipinski definition) is 1.